The Morgan fingerprint density at radius 1 is 0.787 bits per heavy atom. The molecular weight excluding hydrogens is 779 g/mol. The quantitative estimate of drug-likeness (QED) is 0.138. The van der Waals surface area contributed by atoms with E-state index in [1.165, 1.54) is 14.2 Å². The molecule has 5 atom stereocenters. The van der Waals surface area contributed by atoms with Crippen molar-refractivity contribution in [1.29, 1.82) is 0 Å². The van der Waals surface area contributed by atoms with Gasteiger partial charge in [-0.25, -0.2) is 24.5 Å². The first-order chi connectivity index (χ1) is 29.6. The summed E-state index contributed by atoms with van der Waals surface area (Å²) >= 11 is 0. The van der Waals surface area contributed by atoms with Crippen LogP contribution in [0.3, 0.4) is 0 Å². The molecule has 0 bridgehead atoms. The van der Waals surface area contributed by atoms with Crippen molar-refractivity contribution < 1.29 is 33.4 Å². The van der Waals surface area contributed by atoms with Gasteiger partial charge in [0.1, 0.15) is 23.7 Å². The van der Waals surface area contributed by atoms with Crippen LogP contribution in [0.2, 0.25) is 0 Å². The van der Waals surface area contributed by atoms with Gasteiger partial charge in [0.15, 0.2) is 0 Å². The highest BCUT2D eigenvalue weighted by molar-refractivity contribution is 5.87. The molecule has 6 heterocycles. The molecule has 3 aliphatic heterocycles. The van der Waals surface area contributed by atoms with Crippen LogP contribution in [0, 0.1) is 11.8 Å². The monoisotopic (exact) mass is 833 g/mol. The Bertz CT molecular complexity index is 2250. The van der Waals surface area contributed by atoms with Gasteiger partial charge < -0.3 is 44.6 Å². The number of allylic oxidation sites excluding steroid dienone is 1. The lowest BCUT2D eigenvalue weighted by Crippen LogP contribution is -2.53. The van der Waals surface area contributed by atoms with Crippen molar-refractivity contribution in [2.24, 2.45) is 11.8 Å². The number of amides is 4. The van der Waals surface area contributed by atoms with Gasteiger partial charge in [-0.15, -0.1) is 0 Å². The predicted octanol–water partition coefficient (Wildman–Crippen LogP) is 6.07. The van der Waals surface area contributed by atoms with Gasteiger partial charge >= 0.3 is 12.2 Å². The number of hydrogen-bond donors (Lipinski definition) is 4. The van der Waals surface area contributed by atoms with Crippen LogP contribution in [0.4, 0.5) is 9.59 Å². The Morgan fingerprint density at radius 3 is 2.11 bits per heavy atom. The molecule has 3 saturated heterocycles. The van der Waals surface area contributed by atoms with Gasteiger partial charge in [-0.1, -0.05) is 50.3 Å². The molecule has 16 heteroatoms. The van der Waals surface area contributed by atoms with Crippen LogP contribution in [-0.4, -0.2) is 111 Å². The molecule has 4 aliphatic rings. The van der Waals surface area contributed by atoms with E-state index in [4.69, 9.17) is 24.2 Å². The summed E-state index contributed by atoms with van der Waals surface area (Å²) in [5, 5.41) is 5.52. The molecule has 0 saturated carbocycles. The molecule has 4 aromatic rings. The van der Waals surface area contributed by atoms with Crippen molar-refractivity contribution >= 4 is 30.1 Å². The first-order valence-corrected chi connectivity index (χ1v) is 21.4. The normalized spacial score (nSPS) is 21.2. The van der Waals surface area contributed by atoms with Gasteiger partial charge in [-0.3, -0.25) is 9.59 Å². The average molecular weight is 834 g/mol. The van der Waals surface area contributed by atoms with E-state index in [0.717, 1.165) is 83.2 Å². The Balaban J connectivity index is 0.909. The molecule has 0 radical (unpaired) electrons. The number of imidazole rings is 2. The number of nitrogens with zero attached hydrogens (tertiary/aromatic N) is 5. The molecule has 322 valence electrons. The number of nitrogens with one attached hydrogen (secondary N) is 4. The summed E-state index contributed by atoms with van der Waals surface area (Å²) < 4.78 is 15.2. The maximum Gasteiger partial charge on any atom is 0.407 e. The van der Waals surface area contributed by atoms with E-state index in [9.17, 15) is 19.2 Å². The Morgan fingerprint density at radius 2 is 1.43 bits per heavy atom. The summed E-state index contributed by atoms with van der Waals surface area (Å²) in [4.78, 5) is 77.0. The number of ether oxygens (including phenoxy) is 3. The van der Waals surface area contributed by atoms with Gasteiger partial charge in [0.2, 0.25) is 11.8 Å². The third-order valence-corrected chi connectivity index (χ3v) is 12.6. The number of H-pyrrole nitrogens is 2. The molecule has 3 fully saturated rings. The zero-order valence-corrected chi connectivity index (χ0v) is 35.2. The topological polar surface area (TPSA) is 197 Å². The van der Waals surface area contributed by atoms with Crippen molar-refractivity contribution in [1.82, 2.24) is 45.4 Å². The number of likely N-dealkylation sites (tertiary alicyclic amines) is 2. The number of fused-ring (bicyclic) bond motifs is 1. The van der Waals surface area contributed by atoms with E-state index in [0.29, 0.717) is 39.1 Å². The lowest BCUT2D eigenvalue weighted by molar-refractivity contribution is -0.137. The van der Waals surface area contributed by atoms with Crippen LogP contribution in [0.5, 0.6) is 0 Å². The summed E-state index contributed by atoms with van der Waals surface area (Å²) in [5.41, 5.74) is 6.72. The summed E-state index contributed by atoms with van der Waals surface area (Å²) in [6, 6.07) is 10.6. The number of rotatable bonds is 11. The van der Waals surface area contributed by atoms with E-state index >= 15 is 0 Å². The van der Waals surface area contributed by atoms with Crippen molar-refractivity contribution in [3.63, 3.8) is 0 Å². The van der Waals surface area contributed by atoms with Crippen LogP contribution in [0.15, 0.2) is 54.9 Å². The highest BCUT2D eigenvalue weighted by Gasteiger charge is 2.41. The van der Waals surface area contributed by atoms with E-state index in [1.54, 1.807) is 6.20 Å². The minimum atomic E-state index is -0.691. The highest BCUT2D eigenvalue weighted by Crippen LogP contribution is 2.37. The molecule has 8 rings (SSSR count). The van der Waals surface area contributed by atoms with Crippen molar-refractivity contribution in [3.05, 3.63) is 83.5 Å². The lowest BCUT2D eigenvalue weighted by Gasteiger charge is -2.34. The fraction of sp³-hybridized carbons (Fsp3) is 0.489. The molecular formula is C45H55N9O7. The number of alkyl carbamates (subject to hydrolysis) is 2. The van der Waals surface area contributed by atoms with Crippen LogP contribution in [0.1, 0.15) is 99.0 Å². The first kappa shape index (κ1) is 41.7. The van der Waals surface area contributed by atoms with Gasteiger partial charge in [0.25, 0.3) is 0 Å². The van der Waals surface area contributed by atoms with Crippen molar-refractivity contribution in [3.8, 4) is 22.5 Å². The SMILES string of the molecule is COC(=O)N[C@H](C(=O)N1CCC[C@H]1c1ncc(-c2ccc(-c3ccc4c(n3)C=CC(c3cnc([C@@H]5CCCN5C(=O)[C@@H](NC(=O)OC)C5CCOCC5)[nH]3)C4)cc2)[nH]1)C(C)C. The second kappa shape index (κ2) is 18.3. The van der Waals surface area contributed by atoms with Gasteiger partial charge in [-0.05, 0) is 80.1 Å². The molecule has 16 nitrogen and oxygen atoms in total. The molecule has 3 aromatic heterocycles. The fourth-order valence-electron chi connectivity index (χ4n) is 9.19. The standard InChI is InChI=1S/C45H55N9O7/c1-26(2)38(51-44(57)59-3)42(55)53-19-5-7-36(53)40-46-24-34(49-40)28-11-9-27(10-12-28)32-15-13-30-23-31(14-16-33(30)48-32)35-25-47-41(50-35)37-8-6-20-54(37)43(56)39(52-45(58)60-4)29-17-21-61-22-18-29/h9-16,24-26,29,31,36-39H,5-8,17-23H2,1-4H3,(H,46,49)(H,47,50)(H,51,57)(H,52,58)/t31?,36-,37-,38-,39-/m0/s1. The Kier molecular flexibility index (Phi) is 12.5. The van der Waals surface area contributed by atoms with Crippen molar-refractivity contribution in [2.75, 3.05) is 40.5 Å². The van der Waals surface area contributed by atoms with Crippen LogP contribution < -0.4 is 10.6 Å². The fourth-order valence-corrected chi connectivity index (χ4v) is 9.19. The van der Waals surface area contributed by atoms with Gasteiger partial charge in [0, 0.05) is 49.7 Å². The minimum Gasteiger partial charge on any atom is -0.453 e. The smallest absolute Gasteiger partial charge is 0.407 e. The molecule has 0 spiro atoms. The third-order valence-electron chi connectivity index (χ3n) is 12.6. The Labute approximate surface area is 355 Å². The van der Waals surface area contributed by atoms with Crippen LogP contribution in [0.25, 0.3) is 28.6 Å². The number of aromatic nitrogens is 5. The highest BCUT2D eigenvalue weighted by atomic mass is 16.5. The number of methoxy groups -OCH3 is 2. The van der Waals surface area contributed by atoms with Gasteiger partial charge in [0.05, 0.1) is 49.6 Å². The number of aromatic amines is 2. The van der Waals surface area contributed by atoms with E-state index in [1.807, 2.05) is 42.0 Å². The summed E-state index contributed by atoms with van der Waals surface area (Å²) in [6.45, 7) is 6.12. The lowest BCUT2D eigenvalue weighted by atomic mass is 9.90. The third kappa shape index (κ3) is 8.90. The molecule has 61 heavy (non-hydrogen) atoms. The molecule has 4 amide bonds. The van der Waals surface area contributed by atoms with Crippen LogP contribution in [-0.2, 0) is 30.2 Å². The number of carbonyl (C=O) groups excluding carboxylic acids is 4. The average Bonchev–Trinajstić information content (AvgIpc) is 4.14. The zero-order valence-electron chi connectivity index (χ0n) is 35.2. The van der Waals surface area contributed by atoms with E-state index in [2.05, 4.69) is 62.0 Å². The largest absolute Gasteiger partial charge is 0.453 e. The maximum absolute atomic E-state index is 14.0. The van der Waals surface area contributed by atoms with Crippen LogP contribution >= 0.6 is 0 Å². The van der Waals surface area contributed by atoms with Gasteiger partial charge in [-0.2, -0.15) is 0 Å². The number of pyridine rings is 1. The second-order valence-electron chi connectivity index (χ2n) is 16.7. The number of benzene rings is 1. The number of carbonyl (C=O) groups is 4. The summed E-state index contributed by atoms with van der Waals surface area (Å²) in [5.74, 6) is 1.17. The molecule has 4 N–H and O–H groups in total. The molecule has 1 unspecified atom stereocenters. The van der Waals surface area contributed by atoms with Crippen molar-refractivity contribution in [2.45, 2.75) is 88.9 Å². The van der Waals surface area contributed by atoms with E-state index in [-0.39, 0.29) is 41.7 Å². The Hall–Kier alpha value is -6.03. The summed E-state index contributed by atoms with van der Waals surface area (Å²) in [6.07, 6.45) is 12.1. The second-order valence-corrected chi connectivity index (χ2v) is 16.7. The molecule has 1 aliphatic carbocycles. The molecule has 1 aromatic carbocycles. The van der Waals surface area contributed by atoms with E-state index < -0.39 is 24.3 Å². The predicted molar refractivity (Wildman–Crippen MR) is 226 cm³/mol. The number of hydrogen-bond acceptors (Lipinski definition) is 10. The zero-order chi connectivity index (χ0) is 42.6. The minimum absolute atomic E-state index is 0.0243. The summed E-state index contributed by atoms with van der Waals surface area (Å²) in [7, 11) is 2.60. The first-order valence-electron chi connectivity index (χ1n) is 21.4. The maximum atomic E-state index is 14.0.